The van der Waals surface area contributed by atoms with E-state index in [4.69, 9.17) is 44.3 Å². The predicted molar refractivity (Wildman–Crippen MR) is 116 cm³/mol. The van der Waals surface area contributed by atoms with Crippen molar-refractivity contribution in [1.82, 2.24) is 10.6 Å². The lowest BCUT2D eigenvalue weighted by Gasteiger charge is -2.13. The number of hydrogen-bond donors (Lipinski definition) is 3. The van der Waals surface area contributed by atoms with Crippen LogP contribution in [0.2, 0.25) is 15.1 Å². The van der Waals surface area contributed by atoms with Crippen LogP contribution in [0.3, 0.4) is 0 Å². The molecule has 0 radical (unpaired) electrons. The van der Waals surface area contributed by atoms with Gasteiger partial charge in [0.15, 0.2) is 13.2 Å². The van der Waals surface area contributed by atoms with Gasteiger partial charge in [0.1, 0.15) is 17.3 Å². The molecule has 0 aliphatic rings. The summed E-state index contributed by atoms with van der Waals surface area (Å²) in [6, 6.07) is 8.37. The van der Waals surface area contributed by atoms with E-state index < -0.39 is 23.7 Å². The van der Waals surface area contributed by atoms with Gasteiger partial charge in [-0.2, -0.15) is 0 Å². The van der Waals surface area contributed by atoms with Crippen molar-refractivity contribution in [2.24, 2.45) is 0 Å². The first-order chi connectivity index (χ1) is 14.7. The lowest BCUT2D eigenvalue weighted by Crippen LogP contribution is -2.37. The zero-order valence-electron chi connectivity index (χ0n) is 16.2. The van der Waals surface area contributed by atoms with Crippen LogP contribution in [0.5, 0.6) is 11.5 Å². The van der Waals surface area contributed by atoms with E-state index in [9.17, 15) is 19.1 Å². The molecule has 168 valence electrons. The zero-order chi connectivity index (χ0) is 22.8. The van der Waals surface area contributed by atoms with Gasteiger partial charge in [0.05, 0.1) is 21.2 Å². The summed E-state index contributed by atoms with van der Waals surface area (Å²) in [6.07, 6.45) is -0.659. The zero-order valence-corrected chi connectivity index (χ0v) is 18.4. The van der Waals surface area contributed by atoms with Gasteiger partial charge in [-0.1, -0.05) is 34.8 Å². The van der Waals surface area contributed by atoms with E-state index in [-0.39, 0.29) is 43.5 Å². The Morgan fingerprint density at radius 1 is 0.903 bits per heavy atom. The number of amides is 2. The quantitative estimate of drug-likeness (QED) is 0.447. The van der Waals surface area contributed by atoms with Crippen LogP contribution in [-0.2, 0) is 9.59 Å². The molecule has 0 spiro atoms. The number of carbonyl (C=O) groups is 2. The lowest BCUT2D eigenvalue weighted by atomic mass is 10.2. The van der Waals surface area contributed by atoms with E-state index in [2.05, 4.69) is 10.6 Å². The molecule has 31 heavy (non-hydrogen) atoms. The van der Waals surface area contributed by atoms with Crippen molar-refractivity contribution in [3.05, 3.63) is 57.3 Å². The van der Waals surface area contributed by atoms with E-state index >= 15 is 0 Å². The number of benzene rings is 2. The highest BCUT2D eigenvalue weighted by molar-refractivity contribution is 6.42. The maximum absolute atomic E-state index is 13.1. The van der Waals surface area contributed by atoms with Crippen LogP contribution in [0.1, 0.15) is 6.42 Å². The Morgan fingerprint density at radius 2 is 1.48 bits per heavy atom. The minimum atomic E-state index is -0.869. The van der Waals surface area contributed by atoms with E-state index in [1.54, 1.807) is 12.1 Å². The molecule has 1 atom stereocenters. The van der Waals surface area contributed by atoms with E-state index in [1.807, 2.05) is 0 Å². The topological polar surface area (TPSA) is 96.9 Å². The average molecular weight is 494 g/mol. The Morgan fingerprint density at radius 3 is 2.10 bits per heavy atom. The van der Waals surface area contributed by atoms with Crippen LogP contribution in [0, 0.1) is 5.82 Å². The number of ether oxygens (including phenoxy) is 2. The van der Waals surface area contributed by atoms with Crippen LogP contribution >= 0.6 is 34.8 Å². The Hall–Kier alpha value is -2.26. The van der Waals surface area contributed by atoms with Crippen LogP contribution in [0.4, 0.5) is 4.39 Å². The standard InChI is InChI=1S/C20H20Cl3FN2O5/c21-15-3-1-13(7-16(15)22)31-11-20(29)26-9-12(27)5-6-25-19(28)10-30-14-2-4-18(24)17(23)8-14/h1-4,7-8,12,27H,5-6,9-11H2,(H,25,28)(H,26,29)/t12-/m0/s1. The van der Waals surface area contributed by atoms with Crippen molar-refractivity contribution in [2.45, 2.75) is 12.5 Å². The van der Waals surface area contributed by atoms with Gasteiger partial charge in [0.25, 0.3) is 11.8 Å². The Balaban J connectivity index is 1.57. The molecule has 0 aromatic heterocycles. The average Bonchev–Trinajstić information content (AvgIpc) is 2.74. The van der Waals surface area contributed by atoms with Gasteiger partial charge in [0, 0.05) is 25.2 Å². The lowest BCUT2D eigenvalue weighted by molar-refractivity contribution is -0.124. The first-order valence-electron chi connectivity index (χ1n) is 9.11. The number of carbonyl (C=O) groups excluding carboxylic acids is 2. The Kier molecular flexibility index (Phi) is 10.1. The summed E-state index contributed by atoms with van der Waals surface area (Å²) in [4.78, 5) is 23.5. The summed E-state index contributed by atoms with van der Waals surface area (Å²) >= 11 is 17.3. The largest absolute Gasteiger partial charge is 0.484 e. The van der Waals surface area contributed by atoms with Gasteiger partial charge < -0.3 is 25.2 Å². The molecular weight excluding hydrogens is 474 g/mol. The molecule has 0 saturated carbocycles. The van der Waals surface area contributed by atoms with Crippen molar-refractivity contribution in [3.63, 3.8) is 0 Å². The van der Waals surface area contributed by atoms with Gasteiger partial charge in [-0.3, -0.25) is 9.59 Å². The van der Waals surface area contributed by atoms with Crippen molar-refractivity contribution in [3.8, 4) is 11.5 Å². The molecule has 0 aliphatic carbocycles. The number of rotatable bonds is 11. The first kappa shape index (κ1) is 25.0. The monoisotopic (exact) mass is 492 g/mol. The Bertz CT molecular complexity index is 916. The molecule has 11 heteroatoms. The summed E-state index contributed by atoms with van der Waals surface area (Å²) in [6.45, 7) is -0.389. The van der Waals surface area contributed by atoms with Gasteiger partial charge in [-0.25, -0.2) is 4.39 Å². The minimum absolute atomic E-state index is 0.00990. The molecule has 7 nitrogen and oxygen atoms in total. The number of aliphatic hydroxyl groups is 1. The fourth-order valence-corrected chi connectivity index (χ4v) is 2.70. The summed E-state index contributed by atoms with van der Waals surface area (Å²) in [7, 11) is 0. The van der Waals surface area contributed by atoms with Gasteiger partial charge in [-0.15, -0.1) is 0 Å². The second-order valence-corrected chi connectivity index (χ2v) is 7.55. The smallest absolute Gasteiger partial charge is 0.258 e. The molecule has 0 fully saturated rings. The third kappa shape index (κ3) is 9.18. The number of nitrogens with one attached hydrogen (secondary N) is 2. The van der Waals surface area contributed by atoms with E-state index in [0.717, 1.165) is 6.07 Å². The molecule has 0 saturated heterocycles. The third-order valence-corrected chi connectivity index (χ3v) is 4.89. The van der Waals surface area contributed by atoms with E-state index in [0.29, 0.717) is 15.8 Å². The van der Waals surface area contributed by atoms with Gasteiger partial charge in [-0.05, 0) is 30.7 Å². The molecule has 2 aromatic carbocycles. The number of aliphatic hydroxyl groups excluding tert-OH is 1. The van der Waals surface area contributed by atoms with Crippen LogP contribution in [0.15, 0.2) is 36.4 Å². The molecule has 0 aliphatic heterocycles. The molecule has 2 aromatic rings. The highest BCUT2D eigenvalue weighted by Crippen LogP contribution is 2.26. The Labute approximate surface area is 193 Å². The third-order valence-electron chi connectivity index (χ3n) is 3.86. The van der Waals surface area contributed by atoms with Gasteiger partial charge in [0.2, 0.25) is 0 Å². The van der Waals surface area contributed by atoms with Gasteiger partial charge >= 0.3 is 0 Å². The van der Waals surface area contributed by atoms with Crippen molar-refractivity contribution < 1.29 is 28.6 Å². The second-order valence-electron chi connectivity index (χ2n) is 6.33. The SMILES string of the molecule is O=C(COc1ccc(F)c(Cl)c1)NCC[C@H](O)CNC(=O)COc1ccc(Cl)c(Cl)c1. The number of hydrogen-bond acceptors (Lipinski definition) is 5. The van der Waals surface area contributed by atoms with Crippen molar-refractivity contribution in [1.29, 1.82) is 0 Å². The summed E-state index contributed by atoms with van der Waals surface area (Å²) in [5.41, 5.74) is 0. The molecule has 3 N–H and O–H groups in total. The highest BCUT2D eigenvalue weighted by Gasteiger charge is 2.10. The maximum Gasteiger partial charge on any atom is 0.258 e. The van der Waals surface area contributed by atoms with Crippen molar-refractivity contribution in [2.75, 3.05) is 26.3 Å². The van der Waals surface area contributed by atoms with Crippen LogP contribution in [0.25, 0.3) is 0 Å². The summed E-state index contributed by atoms with van der Waals surface area (Å²) in [5.74, 6) is -0.793. The van der Waals surface area contributed by atoms with Crippen LogP contribution < -0.4 is 20.1 Å². The second kappa shape index (κ2) is 12.6. The number of halogens is 4. The minimum Gasteiger partial charge on any atom is -0.484 e. The van der Waals surface area contributed by atoms with Crippen LogP contribution in [-0.4, -0.2) is 49.3 Å². The maximum atomic E-state index is 13.1. The molecular formula is C20H20Cl3FN2O5. The highest BCUT2D eigenvalue weighted by atomic mass is 35.5. The molecule has 2 rings (SSSR count). The molecule has 0 unspecified atom stereocenters. The molecule has 2 amide bonds. The van der Waals surface area contributed by atoms with Crippen molar-refractivity contribution >= 4 is 46.6 Å². The van der Waals surface area contributed by atoms with E-state index in [1.165, 1.54) is 18.2 Å². The predicted octanol–water partition coefficient (Wildman–Crippen LogP) is 3.23. The molecule has 0 heterocycles. The summed E-state index contributed by atoms with van der Waals surface area (Å²) in [5, 5.41) is 15.6. The fraction of sp³-hybridized carbons (Fsp3) is 0.300. The first-order valence-corrected chi connectivity index (χ1v) is 10.2. The normalized spacial score (nSPS) is 11.5. The molecule has 0 bridgehead atoms. The fourth-order valence-electron chi connectivity index (χ4n) is 2.25. The summed E-state index contributed by atoms with van der Waals surface area (Å²) < 4.78 is 23.6.